The number of para-hydroxylation sites is 2. The fourth-order valence-corrected chi connectivity index (χ4v) is 9.67. The normalized spacial score (nSPS) is 14.4. The van der Waals surface area contributed by atoms with E-state index in [1.807, 2.05) is 81.9 Å². The van der Waals surface area contributed by atoms with Gasteiger partial charge in [0.05, 0.1) is 167 Å². The number of pyridine rings is 1. The van der Waals surface area contributed by atoms with Crippen molar-refractivity contribution < 1.29 is 98.7 Å². The molecule has 98 heavy (non-hydrogen) atoms. The molecule has 0 atom stereocenters. The molecule has 1 N–H and O–H groups in total. The number of nitriles is 1. The SMILES string of the molecule is COc1ccccc1N(C)C(=O)c1cc(-c2cnc(C(F)(F)F)cc2C#N)c(Cl)cc1OCCOCCOCCOCCOCCOCCOCCOCCOCCNC(=O)CN1CCN(CC(=O)OC(C)(C)C)CCN(CC(=O)OC(C)(C)C)CCN(CC(=O)OC(C)(C)C)CC1. The number of amides is 2. The summed E-state index contributed by atoms with van der Waals surface area (Å²) in [4.78, 5) is 79.2. The maximum atomic E-state index is 14.1. The number of nitrogens with one attached hydrogen (secondary N) is 1. The highest BCUT2D eigenvalue weighted by atomic mass is 35.5. The topological polar surface area (TPSA) is 270 Å². The van der Waals surface area contributed by atoms with Gasteiger partial charge in [0.1, 0.15) is 40.6 Å². The van der Waals surface area contributed by atoms with Crippen LogP contribution in [0.15, 0.2) is 48.7 Å². The number of alkyl halides is 3. The lowest BCUT2D eigenvalue weighted by atomic mass is 9.98. The Morgan fingerprint density at radius 1 is 0.541 bits per heavy atom. The lowest BCUT2D eigenvalue weighted by Gasteiger charge is -2.34. The molecule has 0 radical (unpaired) electrons. The van der Waals surface area contributed by atoms with E-state index in [0.717, 1.165) is 6.20 Å². The van der Waals surface area contributed by atoms with E-state index in [0.29, 0.717) is 149 Å². The van der Waals surface area contributed by atoms with Crippen molar-refractivity contribution in [2.24, 2.45) is 0 Å². The number of methoxy groups -OCH3 is 1. The number of hydrogen-bond donors (Lipinski definition) is 1. The fourth-order valence-electron chi connectivity index (χ4n) is 9.42. The van der Waals surface area contributed by atoms with Crippen LogP contribution in [0.1, 0.15) is 83.9 Å². The highest BCUT2D eigenvalue weighted by Crippen LogP contribution is 2.39. The summed E-state index contributed by atoms with van der Waals surface area (Å²) in [5, 5.41) is 12.7. The molecule has 1 aliphatic heterocycles. The fraction of sp³-hybridized carbons (Fsp3) is 0.662. The number of carbonyl (C=O) groups excluding carboxylic acids is 5. The number of nitrogens with zero attached hydrogens (tertiary/aromatic N) is 7. The van der Waals surface area contributed by atoms with Gasteiger partial charge in [-0.05, 0) is 86.6 Å². The summed E-state index contributed by atoms with van der Waals surface area (Å²) in [5.41, 5.74) is -3.09. The van der Waals surface area contributed by atoms with Crippen molar-refractivity contribution in [2.75, 3.05) is 216 Å². The molecule has 1 aliphatic rings. The van der Waals surface area contributed by atoms with Crippen LogP contribution in [0.5, 0.6) is 11.5 Å². The van der Waals surface area contributed by atoms with Gasteiger partial charge in [-0.1, -0.05) is 23.7 Å². The van der Waals surface area contributed by atoms with Crippen LogP contribution < -0.4 is 19.7 Å². The number of halogens is 4. The Kier molecular flexibility index (Phi) is 37.7. The van der Waals surface area contributed by atoms with E-state index < -0.39 is 34.6 Å². The van der Waals surface area contributed by atoms with Crippen LogP contribution in [-0.2, 0) is 77.5 Å². The molecule has 0 aliphatic carbocycles. The van der Waals surface area contributed by atoms with Gasteiger partial charge in [0.25, 0.3) is 5.91 Å². The van der Waals surface area contributed by atoms with Gasteiger partial charge in [-0.2, -0.15) is 18.4 Å². The van der Waals surface area contributed by atoms with Gasteiger partial charge in [0.2, 0.25) is 5.91 Å². The zero-order valence-electron chi connectivity index (χ0n) is 58.8. The molecular formula is C68H102ClF3N8O18. The van der Waals surface area contributed by atoms with E-state index in [4.69, 9.17) is 73.2 Å². The van der Waals surface area contributed by atoms with Crippen LogP contribution in [-0.4, -0.2) is 283 Å². The van der Waals surface area contributed by atoms with Crippen molar-refractivity contribution in [3.05, 3.63) is 70.5 Å². The highest BCUT2D eigenvalue weighted by molar-refractivity contribution is 6.34. The highest BCUT2D eigenvalue weighted by Gasteiger charge is 2.34. The van der Waals surface area contributed by atoms with E-state index in [-0.39, 0.29) is 123 Å². The first-order valence-electron chi connectivity index (χ1n) is 32.7. The van der Waals surface area contributed by atoms with Crippen LogP contribution in [0, 0.1) is 11.3 Å². The second-order valence-corrected chi connectivity index (χ2v) is 26.0. The molecule has 0 bridgehead atoms. The summed E-state index contributed by atoms with van der Waals surface area (Å²) in [6, 6.07) is 11.9. The third-order valence-corrected chi connectivity index (χ3v) is 14.2. The number of hydrogen-bond acceptors (Lipinski definition) is 24. The molecule has 3 aromatic rings. The minimum absolute atomic E-state index is 0.000329. The summed E-state index contributed by atoms with van der Waals surface area (Å²) in [7, 11) is 2.98. The van der Waals surface area contributed by atoms with Crippen LogP contribution >= 0.6 is 11.6 Å². The standard InChI is InChI=1S/C68H102ClF3N8O18/c1-65(2,3)96-61(82)48-78-19-17-77(18-20-79(49-62(83)97-66(4,5)6)22-24-80(23-21-78)50-63(84)98-67(7,8)9)47-60(81)74-16-25-87-26-27-88-28-29-89-30-31-90-32-33-91-34-35-92-36-37-93-38-39-94-40-41-95-58-44-55(69)52(54-46-75-59(68(70,71)72)42-51(54)45-73)43-53(58)64(85)76(10)56-14-12-13-15-57(56)86-11/h12-15,42-44,46H,16-41,47-50H2,1-11H3,(H,74,81). The molecule has 1 fully saturated rings. The molecule has 4 rings (SSSR count). The average Bonchev–Trinajstić information content (AvgIpc) is 0.778. The first-order valence-corrected chi connectivity index (χ1v) is 33.1. The second kappa shape index (κ2) is 44.0. The molecule has 26 nitrogen and oxygen atoms in total. The average molecular weight is 1410 g/mol. The first kappa shape index (κ1) is 84.0. The van der Waals surface area contributed by atoms with Crippen molar-refractivity contribution in [2.45, 2.75) is 85.3 Å². The maximum Gasteiger partial charge on any atom is 0.433 e. The third kappa shape index (κ3) is 35.1. The molecule has 30 heteroatoms. The number of benzene rings is 2. The van der Waals surface area contributed by atoms with Gasteiger partial charge in [-0.25, -0.2) is 0 Å². The van der Waals surface area contributed by atoms with Gasteiger partial charge >= 0.3 is 24.1 Å². The number of aromatic nitrogens is 1. The lowest BCUT2D eigenvalue weighted by molar-refractivity contribution is -0.158. The van der Waals surface area contributed by atoms with Crippen LogP contribution in [0.25, 0.3) is 11.1 Å². The van der Waals surface area contributed by atoms with Crippen LogP contribution in [0.4, 0.5) is 18.9 Å². The first-order chi connectivity index (χ1) is 46.4. The molecule has 0 saturated carbocycles. The molecule has 2 heterocycles. The van der Waals surface area contributed by atoms with E-state index in [2.05, 4.69) is 10.3 Å². The molecule has 1 aromatic heterocycles. The molecule has 0 spiro atoms. The third-order valence-electron chi connectivity index (χ3n) is 13.9. The zero-order valence-corrected chi connectivity index (χ0v) is 59.6. The second-order valence-electron chi connectivity index (χ2n) is 25.6. The Morgan fingerprint density at radius 3 is 1.30 bits per heavy atom. The molecule has 2 aromatic carbocycles. The Bertz CT molecular complexity index is 2900. The monoisotopic (exact) mass is 1410 g/mol. The molecule has 0 unspecified atom stereocenters. The van der Waals surface area contributed by atoms with E-state index in [1.54, 1.807) is 30.3 Å². The Morgan fingerprint density at radius 2 is 0.918 bits per heavy atom. The van der Waals surface area contributed by atoms with Gasteiger partial charge in [-0.15, -0.1) is 0 Å². The van der Waals surface area contributed by atoms with Gasteiger partial charge in [0.15, 0.2) is 0 Å². The van der Waals surface area contributed by atoms with Crippen LogP contribution in [0.3, 0.4) is 0 Å². The number of rotatable bonds is 40. The maximum absolute atomic E-state index is 14.1. The van der Waals surface area contributed by atoms with Gasteiger partial charge in [-0.3, -0.25) is 48.6 Å². The van der Waals surface area contributed by atoms with Crippen molar-refractivity contribution in [3.8, 4) is 28.7 Å². The summed E-state index contributed by atoms with van der Waals surface area (Å²) in [6.45, 7) is 25.4. The quantitative estimate of drug-likeness (QED) is 0.0364. The zero-order chi connectivity index (χ0) is 72.2. The Labute approximate surface area is 579 Å². The van der Waals surface area contributed by atoms with Crippen LogP contribution in [0.2, 0.25) is 5.02 Å². The number of anilines is 1. The van der Waals surface area contributed by atoms with Crippen molar-refractivity contribution in [1.29, 1.82) is 5.26 Å². The van der Waals surface area contributed by atoms with E-state index >= 15 is 0 Å². The Balaban J connectivity index is 1.03. The predicted octanol–water partition coefficient (Wildman–Crippen LogP) is 6.45. The van der Waals surface area contributed by atoms with Gasteiger partial charge < -0.3 is 71.8 Å². The minimum atomic E-state index is -4.79. The summed E-state index contributed by atoms with van der Waals surface area (Å²) >= 11 is 6.63. The predicted molar refractivity (Wildman–Crippen MR) is 358 cm³/mol. The number of ether oxygens (including phenoxy) is 13. The van der Waals surface area contributed by atoms with E-state index in [1.165, 1.54) is 31.2 Å². The summed E-state index contributed by atoms with van der Waals surface area (Å²) in [5.74, 6) is -1.42. The minimum Gasteiger partial charge on any atom is -0.495 e. The molecule has 2 amide bonds. The largest absolute Gasteiger partial charge is 0.495 e. The number of esters is 3. The lowest BCUT2D eigenvalue weighted by Crippen LogP contribution is -2.50. The Hall–Kier alpha value is -6.37. The number of carbonyl (C=O) groups is 5. The smallest absolute Gasteiger partial charge is 0.433 e. The van der Waals surface area contributed by atoms with Crippen molar-refractivity contribution in [3.63, 3.8) is 0 Å². The molecule has 1 saturated heterocycles. The van der Waals surface area contributed by atoms with E-state index in [9.17, 15) is 42.4 Å². The van der Waals surface area contributed by atoms with Crippen molar-refractivity contribution >= 4 is 47.0 Å². The summed E-state index contributed by atoms with van der Waals surface area (Å²) in [6.07, 6.45) is -3.89. The van der Waals surface area contributed by atoms with Crippen molar-refractivity contribution in [1.82, 2.24) is 29.9 Å². The van der Waals surface area contributed by atoms with Gasteiger partial charge in [0, 0.05) is 89.3 Å². The summed E-state index contributed by atoms with van der Waals surface area (Å²) < 4.78 is 114. The molecular weight excluding hydrogens is 1310 g/mol. The molecule has 550 valence electrons.